The Hall–Kier alpha value is -1.69. The Morgan fingerprint density at radius 3 is 2.68 bits per heavy atom. The molecule has 0 unspecified atom stereocenters. The van der Waals surface area contributed by atoms with Crippen molar-refractivity contribution in [3.8, 4) is 0 Å². The van der Waals surface area contributed by atoms with E-state index in [2.05, 4.69) is 52.3 Å². The number of hydrogen-bond donors (Lipinski definition) is 3. The second-order valence-corrected chi connectivity index (χ2v) is 5.79. The van der Waals surface area contributed by atoms with Crippen LogP contribution < -0.4 is 16.0 Å². The number of amides is 1. The number of carbonyl (C=O) groups excluding carboxylic acids is 1. The van der Waals surface area contributed by atoms with Gasteiger partial charge in [-0.15, -0.1) is 11.8 Å². The molecule has 1 aromatic rings. The lowest BCUT2D eigenvalue weighted by Crippen LogP contribution is -2.43. The highest BCUT2D eigenvalue weighted by atomic mass is 32.2. The molecule has 0 atom stereocenters. The summed E-state index contributed by atoms with van der Waals surface area (Å²) in [4.78, 5) is 17.0. The number of benzene rings is 1. The molecule has 122 valence electrons. The lowest BCUT2D eigenvalue weighted by atomic mass is 10.1. The number of aryl methyl sites for hydroxylation is 1. The number of nitrogens with one attached hydrogen (secondary N) is 3. The summed E-state index contributed by atoms with van der Waals surface area (Å²) in [6.07, 6.45) is 3.01. The molecule has 1 amide bonds. The first-order valence-corrected chi connectivity index (χ1v) is 8.67. The van der Waals surface area contributed by atoms with Crippen LogP contribution in [0.1, 0.15) is 24.5 Å². The highest BCUT2D eigenvalue weighted by Crippen LogP contribution is 2.21. The van der Waals surface area contributed by atoms with Gasteiger partial charge in [-0.3, -0.25) is 9.79 Å². The molecule has 0 heterocycles. The van der Waals surface area contributed by atoms with Crippen LogP contribution in [0.25, 0.3) is 0 Å². The van der Waals surface area contributed by atoms with Crippen LogP contribution in [0.5, 0.6) is 0 Å². The Morgan fingerprint density at radius 2 is 2.05 bits per heavy atom. The van der Waals surface area contributed by atoms with Gasteiger partial charge in [-0.1, -0.05) is 19.1 Å². The van der Waals surface area contributed by atoms with Crippen LogP contribution in [0.3, 0.4) is 0 Å². The van der Waals surface area contributed by atoms with Gasteiger partial charge >= 0.3 is 0 Å². The first-order valence-electron chi connectivity index (χ1n) is 7.45. The Bertz CT molecular complexity index is 517. The minimum absolute atomic E-state index is 0.0232. The zero-order valence-electron chi connectivity index (χ0n) is 13.8. The number of hydrogen-bond acceptors (Lipinski definition) is 3. The Balaban J connectivity index is 2.49. The van der Waals surface area contributed by atoms with E-state index in [-0.39, 0.29) is 12.5 Å². The van der Waals surface area contributed by atoms with Gasteiger partial charge in [0.2, 0.25) is 5.91 Å². The van der Waals surface area contributed by atoms with Gasteiger partial charge in [0, 0.05) is 25.0 Å². The van der Waals surface area contributed by atoms with Crippen molar-refractivity contribution in [3.63, 3.8) is 0 Å². The van der Waals surface area contributed by atoms with Crippen molar-refractivity contribution >= 4 is 23.6 Å². The average molecular weight is 322 g/mol. The van der Waals surface area contributed by atoms with Gasteiger partial charge in [0.25, 0.3) is 0 Å². The number of nitrogens with zero attached hydrogens (tertiary/aromatic N) is 1. The molecule has 0 radical (unpaired) electrons. The third-order valence-corrected chi connectivity index (χ3v) is 3.92. The van der Waals surface area contributed by atoms with E-state index >= 15 is 0 Å². The molecule has 0 aliphatic heterocycles. The summed E-state index contributed by atoms with van der Waals surface area (Å²) in [5.41, 5.74) is 2.47. The van der Waals surface area contributed by atoms with Gasteiger partial charge < -0.3 is 16.0 Å². The van der Waals surface area contributed by atoms with Gasteiger partial charge in [0.1, 0.15) is 0 Å². The molecule has 3 N–H and O–H groups in total. The van der Waals surface area contributed by atoms with Crippen LogP contribution in [0.4, 0.5) is 0 Å². The molecule has 0 bridgehead atoms. The summed E-state index contributed by atoms with van der Waals surface area (Å²) in [6, 6.07) is 6.40. The van der Waals surface area contributed by atoms with Crippen LogP contribution in [0.15, 0.2) is 28.1 Å². The van der Waals surface area contributed by atoms with Gasteiger partial charge in [0.05, 0.1) is 6.54 Å². The Kier molecular flexibility index (Phi) is 8.43. The van der Waals surface area contributed by atoms with Crippen molar-refractivity contribution in [1.29, 1.82) is 0 Å². The van der Waals surface area contributed by atoms with E-state index in [1.165, 1.54) is 16.0 Å². The topological polar surface area (TPSA) is 65.5 Å². The minimum atomic E-state index is -0.0232. The predicted molar refractivity (Wildman–Crippen MR) is 94.5 cm³/mol. The smallest absolute Gasteiger partial charge is 0.239 e. The third kappa shape index (κ3) is 6.39. The molecule has 5 nitrogen and oxygen atoms in total. The molecule has 0 aliphatic carbocycles. The lowest BCUT2D eigenvalue weighted by Gasteiger charge is -2.14. The predicted octanol–water partition coefficient (Wildman–Crippen LogP) is 1.91. The van der Waals surface area contributed by atoms with Crippen molar-refractivity contribution in [1.82, 2.24) is 16.0 Å². The van der Waals surface area contributed by atoms with Gasteiger partial charge in [0.15, 0.2) is 5.96 Å². The summed E-state index contributed by atoms with van der Waals surface area (Å²) in [5.74, 6) is 0.601. The fourth-order valence-corrected chi connectivity index (χ4v) is 2.59. The second-order valence-electron chi connectivity index (χ2n) is 4.94. The number of rotatable bonds is 7. The third-order valence-electron chi connectivity index (χ3n) is 3.10. The monoisotopic (exact) mass is 322 g/mol. The summed E-state index contributed by atoms with van der Waals surface area (Å²) in [5, 5.41) is 9.08. The molecule has 0 fully saturated rings. The number of carbonyl (C=O) groups is 1. The van der Waals surface area contributed by atoms with Gasteiger partial charge in [-0.05, 0) is 36.8 Å². The normalized spacial score (nSPS) is 11.2. The maximum absolute atomic E-state index is 11.6. The van der Waals surface area contributed by atoms with E-state index in [0.29, 0.717) is 19.0 Å². The van der Waals surface area contributed by atoms with E-state index in [1.54, 1.807) is 18.8 Å². The molecule has 22 heavy (non-hydrogen) atoms. The maximum atomic E-state index is 11.6. The Morgan fingerprint density at radius 1 is 1.27 bits per heavy atom. The molecular formula is C16H26N4OS. The molecule has 6 heteroatoms. The summed E-state index contributed by atoms with van der Waals surface area (Å²) in [6.45, 7) is 5.72. The second kappa shape index (κ2) is 10.1. The van der Waals surface area contributed by atoms with Crippen LogP contribution in [-0.2, 0) is 11.3 Å². The molecule has 0 saturated heterocycles. The first kappa shape index (κ1) is 18.4. The summed E-state index contributed by atoms with van der Waals surface area (Å²) in [7, 11) is 1.70. The van der Waals surface area contributed by atoms with Gasteiger partial charge in [-0.2, -0.15) is 0 Å². The van der Waals surface area contributed by atoms with E-state index in [0.717, 1.165) is 6.42 Å². The molecular weight excluding hydrogens is 296 g/mol. The Labute approximate surface area is 137 Å². The van der Waals surface area contributed by atoms with Crippen molar-refractivity contribution in [3.05, 3.63) is 29.3 Å². The van der Waals surface area contributed by atoms with Crippen LogP contribution >= 0.6 is 11.8 Å². The molecule has 0 aromatic heterocycles. The van der Waals surface area contributed by atoms with E-state index < -0.39 is 0 Å². The summed E-state index contributed by atoms with van der Waals surface area (Å²) < 4.78 is 0. The van der Waals surface area contributed by atoms with Crippen LogP contribution in [-0.4, -0.2) is 38.3 Å². The van der Waals surface area contributed by atoms with Crippen LogP contribution in [0, 0.1) is 6.92 Å². The first-order chi connectivity index (χ1) is 10.6. The quantitative estimate of drug-likeness (QED) is 0.408. The fourth-order valence-electron chi connectivity index (χ4n) is 1.89. The van der Waals surface area contributed by atoms with Crippen molar-refractivity contribution < 1.29 is 4.79 Å². The van der Waals surface area contributed by atoms with E-state index in [9.17, 15) is 4.79 Å². The standard InChI is InChI=1S/C16H26N4OS/c1-5-8-18-15(21)11-20-16(17-3)19-10-13-7-6-12(2)9-14(13)22-4/h6-7,9H,5,8,10-11H2,1-4H3,(H,18,21)(H2,17,19,20). The highest BCUT2D eigenvalue weighted by molar-refractivity contribution is 7.98. The van der Waals surface area contributed by atoms with Crippen molar-refractivity contribution in [2.45, 2.75) is 31.7 Å². The zero-order valence-corrected chi connectivity index (χ0v) is 14.6. The summed E-state index contributed by atoms with van der Waals surface area (Å²) >= 11 is 1.73. The number of guanidine groups is 1. The van der Waals surface area contributed by atoms with Gasteiger partial charge in [-0.25, -0.2) is 0 Å². The minimum Gasteiger partial charge on any atom is -0.355 e. The maximum Gasteiger partial charge on any atom is 0.239 e. The zero-order chi connectivity index (χ0) is 16.4. The van der Waals surface area contributed by atoms with Crippen LogP contribution in [0.2, 0.25) is 0 Å². The number of aliphatic imine (C=N–C) groups is 1. The SMILES string of the molecule is CCCNC(=O)CNC(=NC)NCc1ccc(C)cc1SC. The molecule has 1 rings (SSSR count). The molecule has 1 aromatic carbocycles. The average Bonchev–Trinajstić information content (AvgIpc) is 2.53. The number of thioether (sulfide) groups is 1. The largest absolute Gasteiger partial charge is 0.355 e. The van der Waals surface area contributed by atoms with Crippen molar-refractivity contribution in [2.75, 3.05) is 26.4 Å². The lowest BCUT2D eigenvalue weighted by molar-refractivity contribution is -0.120. The van der Waals surface area contributed by atoms with E-state index in [4.69, 9.17) is 0 Å². The van der Waals surface area contributed by atoms with Crippen molar-refractivity contribution in [2.24, 2.45) is 4.99 Å². The van der Waals surface area contributed by atoms with E-state index in [1.807, 2.05) is 6.92 Å². The molecule has 0 spiro atoms. The fraction of sp³-hybridized carbons (Fsp3) is 0.500. The molecule has 0 aliphatic rings. The molecule has 0 saturated carbocycles. The highest BCUT2D eigenvalue weighted by Gasteiger charge is 2.05.